The fraction of sp³-hybridized carbons (Fsp3) is 0. The molecule has 0 atom stereocenters. The van der Waals surface area contributed by atoms with E-state index in [0.29, 0.717) is 0 Å². The molecule has 0 aliphatic carbocycles. The smallest absolute Gasteiger partial charge is 0.0327 e. The minimum absolute atomic E-state index is 0.884. The third-order valence-electron chi connectivity index (χ3n) is 7.33. The quantitative estimate of drug-likeness (QED) is 0.172. The lowest BCUT2D eigenvalue weighted by Crippen LogP contribution is -1.86. The van der Waals surface area contributed by atoms with Crippen molar-refractivity contribution in [2.24, 2.45) is 0 Å². The number of hydrogen-bond donors (Lipinski definition) is 0. The van der Waals surface area contributed by atoms with E-state index >= 15 is 0 Å². The third kappa shape index (κ3) is 5.25. The molecule has 0 aromatic heterocycles. The molecular weight excluding hydrogens is 504 g/mol. The number of hydrogen-bond acceptors (Lipinski definition) is 0. The van der Waals surface area contributed by atoms with Gasteiger partial charge in [-0.15, -0.1) is 0 Å². The van der Waals surface area contributed by atoms with Crippen LogP contribution in [0.4, 0.5) is 0 Å². The topological polar surface area (TPSA) is 0 Å². The van der Waals surface area contributed by atoms with E-state index in [1.54, 1.807) is 0 Å². The summed E-state index contributed by atoms with van der Waals surface area (Å²) >= 11 is 0. The first-order chi connectivity index (χ1) is 20.8. The van der Waals surface area contributed by atoms with E-state index in [-0.39, 0.29) is 0 Å². The van der Waals surface area contributed by atoms with E-state index in [9.17, 15) is 0 Å². The zero-order valence-corrected chi connectivity index (χ0v) is 22.9. The van der Waals surface area contributed by atoms with Gasteiger partial charge in [-0.1, -0.05) is 145 Å². The van der Waals surface area contributed by atoms with Crippen molar-refractivity contribution in [3.05, 3.63) is 179 Å². The van der Waals surface area contributed by atoms with Gasteiger partial charge in [0.2, 0.25) is 0 Å². The summed E-state index contributed by atoms with van der Waals surface area (Å²) in [5, 5.41) is 6.99. The average Bonchev–Trinajstić information content (AvgIpc) is 3.05. The Morgan fingerprint density at radius 2 is 0.548 bits per heavy atom. The fourth-order valence-electron chi connectivity index (χ4n) is 5.27. The number of rotatable bonds is 0. The molecule has 42 heavy (non-hydrogen) atoms. The van der Waals surface area contributed by atoms with Gasteiger partial charge in [-0.2, -0.15) is 0 Å². The van der Waals surface area contributed by atoms with Crippen LogP contribution in [-0.2, 0) is 0 Å². The highest BCUT2D eigenvalue weighted by Crippen LogP contribution is 2.20. The molecule has 192 valence electrons. The summed E-state index contributed by atoms with van der Waals surface area (Å²) in [4.78, 5) is 0. The molecule has 0 nitrogen and oxygen atoms in total. The molecule has 0 spiro atoms. The van der Waals surface area contributed by atoms with Gasteiger partial charge in [0.25, 0.3) is 0 Å². The predicted molar refractivity (Wildman–Crippen MR) is 176 cm³/mol. The summed E-state index contributed by atoms with van der Waals surface area (Å²) in [6.07, 6.45) is 0. The van der Waals surface area contributed by atoms with Crippen LogP contribution in [0.15, 0.2) is 146 Å². The van der Waals surface area contributed by atoms with E-state index in [0.717, 1.165) is 49.5 Å². The van der Waals surface area contributed by atoms with Gasteiger partial charge in [-0.25, -0.2) is 0 Å². The molecule has 7 rings (SSSR count). The van der Waals surface area contributed by atoms with Gasteiger partial charge < -0.3 is 0 Å². The molecule has 0 saturated heterocycles. The summed E-state index contributed by atoms with van der Waals surface area (Å²) < 4.78 is 0. The number of fused-ring (bicyclic) bond motifs is 3. The highest BCUT2D eigenvalue weighted by Gasteiger charge is 2.02. The summed E-state index contributed by atoms with van der Waals surface area (Å²) in [5.41, 5.74) is 5.66. The van der Waals surface area contributed by atoms with Crippen molar-refractivity contribution in [1.82, 2.24) is 0 Å². The molecule has 0 radical (unpaired) electrons. The van der Waals surface area contributed by atoms with Crippen LogP contribution in [0.5, 0.6) is 0 Å². The van der Waals surface area contributed by atoms with Crippen LogP contribution < -0.4 is 0 Å². The molecular formula is C42H24. The zero-order chi connectivity index (χ0) is 28.1. The molecule has 0 amide bonds. The van der Waals surface area contributed by atoms with Crippen LogP contribution in [0.2, 0.25) is 0 Å². The Morgan fingerprint density at radius 3 is 0.881 bits per heavy atom. The van der Waals surface area contributed by atoms with E-state index in [1.165, 1.54) is 16.2 Å². The first-order valence-corrected chi connectivity index (χ1v) is 13.9. The molecule has 0 bridgehead atoms. The van der Waals surface area contributed by atoms with Crippen molar-refractivity contribution in [1.29, 1.82) is 0 Å². The lowest BCUT2D eigenvalue weighted by molar-refractivity contribution is 1.55. The van der Waals surface area contributed by atoms with Crippen LogP contribution >= 0.6 is 0 Å². The van der Waals surface area contributed by atoms with Crippen molar-refractivity contribution < 1.29 is 0 Å². The largest absolute Gasteiger partial charge is 0.0616 e. The minimum Gasteiger partial charge on any atom is -0.0616 e. The Kier molecular flexibility index (Phi) is 6.69. The zero-order valence-electron chi connectivity index (χ0n) is 22.9. The van der Waals surface area contributed by atoms with Crippen LogP contribution in [0, 0.1) is 35.5 Å². The summed E-state index contributed by atoms with van der Waals surface area (Å²) in [6, 6.07) is 49.9. The van der Waals surface area contributed by atoms with Crippen LogP contribution in [0.3, 0.4) is 0 Å². The molecule has 0 saturated carbocycles. The summed E-state index contributed by atoms with van der Waals surface area (Å²) in [6.45, 7) is 0. The molecule has 0 aliphatic rings. The standard InChI is InChI=1S/C42H24/c1-4-19-40-34(10-1)13-7-16-37(40)25-22-31-28-32(23-26-38-17-8-14-35-11-2-5-20-41(35)38)30-33(29-31)24-27-39-18-9-15-36-12-3-6-21-42(36)39/h1-21,28-30H. The van der Waals surface area contributed by atoms with Gasteiger partial charge in [-0.05, 0) is 68.7 Å². The average molecular weight is 529 g/mol. The summed E-state index contributed by atoms with van der Waals surface area (Å²) in [7, 11) is 0. The van der Waals surface area contributed by atoms with Gasteiger partial charge in [0.05, 0.1) is 0 Å². The van der Waals surface area contributed by atoms with Crippen molar-refractivity contribution in [3.8, 4) is 35.5 Å². The van der Waals surface area contributed by atoms with Crippen molar-refractivity contribution in [3.63, 3.8) is 0 Å². The Balaban J connectivity index is 1.33. The molecule has 7 aromatic rings. The summed E-state index contributed by atoms with van der Waals surface area (Å²) in [5.74, 6) is 20.4. The van der Waals surface area contributed by atoms with E-state index < -0.39 is 0 Å². The Hall–Kier alpha value is -6.00. The molecule has 0 heteroatoms. The SMILES string of the molecule is C(#Cc1cccc2ccccc12)c1cc(C#Cc2cccc3ccccc23)cc(C#Cc2cccc3ccccc23)c1. The van der Waals surface area contributed by atoms with Gasteiger partial charge >= 0.3 is 0 Å². The normalized spacial score (nSPS) is 10.3. The van der Waals surface area contributed by atoms with Crippen LogP contribution in [-0.4, -0.2) is 0 Å². The van der Waals surface area contributed by atoms with Gasteiger partial charge in [-0.3, -0.25) is 0 Å². The van der Waals surface area contributed by atoms with Gasteiger partial charge in [0.1, 0.15) is 0 Å². The van der Waals surface area contributed by atoms with Crippen molar-refractivity contribution in [2.75, 3.05) is 0 Å². The maximum Gasteiger partial charge on any atom is 0.0327 e. The second-order valence-corrected chi connectivity index (χ2v) is 10.1. The maximum absolute atomic E-state index is 3.41. The second-order valence-electron chi connectivity index (χ2n) is 10.1. The third-order valence-corrected chi connectivity index (χ3v) is 7.33. The van der Waals surface area contributed by atoms with Crippen LogP contribution in [0.1, 0.15) is 33.4 Å². The Labute approximate surface area is 246 Å². The molecule has 7 aromatic carbocycles. The van der Waals surface area contributed by atoms with Crippen molar-refractivity contribution in [2.45, 2.75) is 0 Å². The maximum atomic E-state index is 3.41. The molecule has 0 aliphatic heterocycles. The first-order valence-electron chi connectivity index (χ1n) is 13.9. The van der Waals surface area contributed by atoms with Crippen molar-refractivity contribution >= 4 is 32.3 Å². The highest BCUT2D eigenvalue weighted by molar-refractivity contribution is 5.90. The minimum atomic E-state index is 0.884. The molecule has 0 N–H and O–H groups in total. The lowest BCUT2D eigenvalue weighted by Gasteiger charge is -2.01. The van der Waals surface area contributed by atoms with E-state index in [1.807, 2.05) is 0 Å². The monoisotopic (exact) mass is 528 g/mol. The Morgan fingerprint density at radius 1 is 0.262 bits per heavy atom. The predicted octanol–water partition coefficient (Wildman–Crippen LogP) is 9.35. The van der Waals surface area contributed by atoms with Crippen LogP contribution in [0.25, 0.3) is 32.3 Å². The second kappa shape index (κ2) is 11.2. The Bertz CT molecular complexity index is 2030. The number of benzene rings is 7. The lowest BCUT2D eigenvalue weighted by atomic mass is 10.0. The van der Waals surface area contributed by atoms with E-state index in [2.05, 4.69) is 181 Å². The first kappa shape index (κ1) is 25.0. The fourth-order valence-corrected chi connectivity index (χ4v) is 5.27. The highest BCUT2D eigenvalue weighted by atomic mass is 14.0. The molecule has 0 heterocycles. The molecule has 0 unspecified atom stereocenters. The van der Waals surface area contributed by atoms with Gasteiger partial charge in [0.15, 0.2) is 0 Å². The molecule has 0 fully saturated rings. The van der Waals surface area contributed by atoms with E-state index in [4.69, 9.17) is 0 Å². The van der Waals surface area contributed by atoms with Gasteiger partial charge in [0, 0.05) is 33.4 Å².